The van der Waals surface area contributed by atoms with Gasteiger partial charge >= 0.3 is 6.01 Å². The molecule has 2 aliphatic rings. The van der Waals surface area contributed by atoms with Crippen molar-refractivity contribution in [2.45, 2.75) is 81.1 Å². The highest BCUT2D eigenvalue weighted by molar-refractivity contribution is 7.92. The van der Waals surface area contributed by atoms with Crippen LogP contribution in [0.15, 0.2) is 35.4 Å². The van der Waals surface area contributed by atoms with Gasteiger partial charge in [0.1, 0.15) is 11.4 Å². The zero-order valence-corrected chi connectivity index (χ0v) is 20.8. The van der Waals surface area contributed by atoms with E-state index < -0.39 is 11.2 Å². The summed E-state index contributed by atoms with van der Waals surface area (Å²) in [5.74, 6) is 0.858. The first-order valence-corrected chi connectivity index (χ1v) is 13.7. The third-order valence-electron chi connectivity index (χ3n) is 6.75. The molecule has 1 aromatic carbocycles. The van der Waals surface area contributed by atoms with Crippen molar-refractivity contribution in [1.29, 1.82) is 0 Å². The minimum atomic E-state index is -0.994. The van der Waals surface area contributed by atoms with Gasteiger partial charge in [-0.25, -0.2) is 0 Å². The Balaban J connectivity index is 1.42. The highest BCUT2D eigenvalue weighted by Gasteiger charge is 2.30. The van der Waals surface area contributed by atoms with Crippen LogP contribution in [0.4, 0.5) is 5.95 Å². The van der Waals surface area contributed by atoms with Crippen molar-refractivity contribution in [2.24, 2.45) is 0 Å². The Morgan fingerprint density at radius 1 is 1.18 bits per heavy atom. The van der Waals surface area contributed by atoms with Crippen LogP contribution in [-0.2, 0) is 17.7 Å². The molecule has 1 unspecified atom stereocenters. The number of nitrogens with zero attached hydrogens (tertiary/aromatic N) is 4. The summed E-state index contributed by atoms with van der Waals surface area (Å²) in [6.07, 6.45) is 8.42. The number of hydrogen-bond acceptors (Lipinski definition) is 7. The predicted molar refractivity (Wildman–Crippen MR) is 134 cm³/mol. The van der Waals surface area contributed by atoms with E-state index in [1.54, 1.807) is 4.52 Å². The SMILES string of the molecule is CC(C)c1cnn2c(NCc3ccccc3[S+]([O-])C3CCCC3)nc(O[C@@H]3CCCNC3)nc12. The summed E-state index contributed by atoms with van der Waals surface area (Å²) >= 11 is -0.994. The van der Waals surface area contributed by atoms with Crippen molar-refractivity contribution in [2.75, 3.05) is 18.4 Å². The summed E-state index contributed by atoms with van der Waals surface area (Å²) in [6.45, 7) is 6.59. The van der Waals surface area contributed by atoms with E-state index in [-0.39, 0.29) is 17.3 Å². The fourth-order valence-electron chi connectivity index (χ4n) is 4.82. The van der Waals surface area contributed by atoms with Crippen molar-refractivity contribution in [1.82, 2.24) is 24.9 Å². The van der Waals surface area contributed by atoms with E-state index in [2.05, 4.69) is 34.6 Å². The van der Waals surface area contributed by atoms with E-state index in [0.29, 0.717) is 18.5 Å². The van der Waals surface area contributed by atoms with Crippen molar-refractivity contribution in [3.63, 3.8) is 0 Å². The number of ether oxygens (including phenoxy) is 1. The third kappa shape index (κ3) is 5.01. The molecule has 8 nitrogen and oxygen atoms in total. The van der Waals surface area contributed by atoms with Crippen molar-refractivity contribution in [3.8, 4) is 6.01 Å². The Morgan fingerprint density at radius 3 is 2.76 bits per heavy atom. The lowest BCUT2D eigenvalue weighted by Crippen LogP contribution is -2.37. The molecule has 2 fully saturated rings. The Labute approximate surface area is 204 Å². The molecule has 182 valence electrons. The number of anilines is 1. The molecule has 5 rings (SSSR count). The molecule has 3 heterocycles. The average molecular weight is 483 g/mol. The Bertz CT molecular complexity index is 1110. The van der Waals surface area contributed by atoms with Gasteiger partial charge < -0.3 is 19.9 Å². The Morgan fingerprint density at radius 2 is 2.00 bits per heavy atom. The average Bonchev–Trinajstić information content (AvgIpc) is 3.53. The zero-order chi connectivity index (χ0) is 23.5. The minimum Gasteiger partial charge on any atom is -0.611 e. The minimum absolute atomic E-state index is 0.0593. The fourth-order valence-corrected chi connectivity index (χ4v) is 6.55. The number of nitrogens with one attached hydrogen (secondary N) is 2. The number of hydrogen-bond donors (Lipinski definition) is 2. The van der Waals surface area contributed by atoms with Gasteiger partial charge in [-0.1, -0.05) is 32.0 Å². The molecule has 0 amide bonds. The number of piperidine rings is 1. The molecule has 3 aromatic rings. The highest BCUT2D eigenvalue weighted by atomic mass is 32.2. The van der Waals surface area contributed by atoms with Crippen LogP contribution >= 0.6 is 0 Å². The smallest absolute Gasteiger partial charge is 0.322 e. The molecule has 2 atom stereocenters. The zero-order valence-electron chi connectivity index (χ0n) is 20.0. The van der Waals surface area contributed by atoms with Gasteiger partial charge in [0.15, 0.2) is 10.5 Å². The van der Waals surface area contributed by atoms with Gasteiger partial charge in [-0.15, -0.1) is 0 Å². The molecule has 0 radical (unpaired) electrons. The fraction of sp³-hybridized carbons (Fsp3) is 0.560. The van der Waals surface area contributed by atoms with E-state index in [4.69, 9.17) is 9.72 Å². The van der Waals surface area contributed by atoms with Crippen LogP contribution < -0.4 is 15.4 Å². The lowest BCUT2D eigenvalue weighted by atomic mass is 10.1. The molecule has 34 heavy (non-hydrogen) atoms. The van der Waals surface area contributed by atoms with Crippen molar-refractivity contribution >= 4 is 22.8 Å². The van der Waals surface area contributed by atoms with Crippen LogP contribution in [-0.4, -0.2) is 48.6 Å². The lowest BCUT2D eigenvalue weighted by Gasteiger charge is -2.23. The quantitative estimate of drug-likeness (QED) is 0.468. The first-order valence-electron chi connectivity index (χ1n) is 12.5. The van der Waals surface area contributed by atoms with Crippen LogP contribution in [0.1, 0.15) is 69.4 Å². The topological polar surface area (TPSA) is 99.4 Å². The first-order chi connectivity index (χ1) is 16.6. The van der Waals surface area contributed by atoms with Crippen molar-refractivity contribution < 1.29 is 9.29 Å². The number of fused-ring (bicyclic) bond motifs is 1. The maximum absolute atomic E-state index is 13.3. The van der Waals surface area contributed by atoms with Crippen LogP contribution in [0, 0.1) is 0 Å². The summed E-state index contributed by atoms with van der Waals surface area (Å²) in [5, 5.41) is 11.6. The maximum Gasteiger partial charge on any atom is 0.322 e. The summed E-state index contributed by atoms with van der Waals surface area (Å²) in [6, 6.07) is 8.38. The van der Waals surface area contributed by atoms with E-state index >= 15 is 0 Å². The molecule has 2 aromatic heterocycles. The van der Waals surface area contributed by atoms with Crippen LogP contribution in [0.2, 0.25) is 0 Å². The Kier molecular flexibility index (Phi) is 7.22. The highest BCUT2D eigenvalue weighted by Crippen LogP contribution is 2.31. The molecule has 9 heteroatoms. The second kappa shape index (κ2) is 10.5. The Hall–Kier alpha value is -2.36. The van der Waals surface area contributed by atoms with Gasteiger partial charge in [0.2, 0.25) is 5.95 Å². The van der Waals surface area contributed by atoms with Gasteiger partial charge in [-0.05, 0) is 68.2 Å². The molecule has 0 spiro atoms. The normalized spacial score (nSPS) is 20.2. The second-order valence-corrected chi connectivity index (χ2v) is 11.3. The molecular formula is C25H34N6O2S. The maximum atomic E-state index is 13.3. The second-order valence-electron chi connectivity index (χ2n) is 9.57. The van der Waals surface area contributed by atoms with Gasteiger partial charge in [-0.2, -0.15) is 19.6 Å². The molecular weight excluding hydrogens is 448 g/mol. The van der Waals surface area contributed by atoms with E-state index in [0.717, 1.165) is 60.4 Å². The molecule has 1 saturated heterocycles. The molecule has 1 aliphatic heterocycles. The monoisotopic (exact) mass is 482 g/mol. The molecule has 0 bridgehead atoms. The van der Waals surface area contributed by atoms with Gasteiger partial charge in [0.25, 0.3) is 0 Å². The van der Waals surface area contributed by atoms with Crippen molar-refractivity contribution in [3.05, 3.63) is 41.6 Å². The summed E-state index contributed by atoms with van der Waals surface area (Å²) in [7, 11) is 0. The van der Waals surface area contributed by atoms with E-state index in [9.17, 15) is 4.55 Å². The summed E-state index contributed by atoms with van der Waals surface area (Å²) in [4.78, 5) is 10.3. The van der Waals surface area contributed by atoms with Crippen LogP contribution in [0.25, 0.3) is 5.65 Å². The summed E-state index contributed by atoms with van der Waals surface area (Å²) < 4.78 is 21.2. The lowest BCUT2D eigenvalue weighted by molar-refractivity contribution is 0.153. The molecule has 1 saturated carbocycles. The standard InChI is InChI=1S/C25H34N6O2S/c1-17(2)21-16-28-31-23(21)29-25(33-19-9-7-13-26-15-19)30-24(31)27-14-18-8-3-6-12-22(18)34(32)20-10-4-5-11-20/h3,6,8,12,16-17,19-20,26H,4-5,7,9-11,13-15H2,1-2H3,(H,27,29,30)/t19-,34?/m1/s1. The molecule has 1 aliphatic carbocycles. The third-order valence-corrected chi connectivity index (χ3v) is 8.66. The molecule has 2 N–H and O–H groups in total. The van der Waals surface area contributed by atoms with E-state index in [1.165, 1.54) is 12.8 Å². The van der Waals surface area contributed by atoms with Gasteiger partial charge in [0.05, 0.1) is 6.20 Å². The number of rotatable bonds is 8. The largest absolute Gasteiger partial charge is 0.611 e. The predicted octanol–water partition coefficient (Wildman–Crippen LogP) is 4.04. The summed E-state index contributed by atoms with van der Waals surface area (Å²) in [5.41, 5.74) is 2.84. The first kappa shape index (κ1) is 23.4. The van der Waals surface area contributed by atoms with Gasteiger partial charge in [0, 0.05) is 24.2 Å². The van der Waals surface area contributed by atoms with E-state index in [1.807, 2.05) is 30.5 Å². The van der Waals surface area contributed by atoms with Crippen LogP contribution in [0.3, 0.4) is 0 Å². The number of aromatic nitrogens is 4. The number of benzene rings is 1. The van der Waals surface area contributed by atoms with Gasteiger partial charge in [-0.3, -0.25) is 0 Å². The van der Waals surface area contributed by atoms with Crippen LogP contribution in [0.5, 0.6) is 6.01 Å².